The Labute approximate surface area is 130 Å². The van der Waals surface area contributed by atoms with Crippen LogP contribution < -0.4 is 14.8 Å². The Hall–Kier alpha value is -2.49. The molecular formula is C18H19NO3. The molecule has 1 heterocycles. The number of rotatable bonds is 5. The number of fused-ring (bicyclic) bond motifs is 1. The van der Waals surface area contributed by atoms with Gasteiger partial charge in [-0.25, -0.2) is 0 Å². The van der Waals surface area contributed by atoms with Gasteiger partial charge in [-0.1, -0.05) is 12.1 Å². The fourth-order valence-electron chi connectivity index (χ4n) is 2.60. The van der Waals surface area contributed by atoms with Crippen LogP contribution in [0.4, 0.5) is 5.69 Å². The first-order chi connectivity index (χ1) is 10.8. The molecule has 2 aromatic carbocycles. The first-order valence-electron chi connectivity index (χ1n) is 7.42. The number of hydrogen-bond acceptors (Lipinski definition) is 4. The van der Waals surface area contributed by atoms with E-state index >= 15 is 0 Å². The standard InChI is InChI=1S/C18H19NO3/c1-21-15-8-6-14(7-9-15)19-11-10-13-12-22-17-5-3-2-4-16(17)18(13)20/h2-9,13,19H,10-12H2,1H3. The van der Waals surface area contributed by atoms with E-state index in [0.29, 0.717) is 17.9 Å². The van der Waals surface area contributed by atoms with E-state index in [4.69, 9.17) is 9.47 Å². The van der Waals surface area contributed by atoms with Gasteiger partial charge < -0.3 is 14.8 Å². The van der Waals surface area contributed by atoms with Crippen molar-refractivity contribution in [1.82, 2.24) is 0 Å². The van der Waals surface area contributed by atoms with Crippen LogP contribution in [0.5, 0.6) is 11.5 Å². The van der Waals surface area contributed by atoms with Crippen molar-refractivity contribution in [2.45, 2.75) is 6.42 Å². The highest BCUT2D eigenvalue weighted by molar-refractivity contribution is 6.01. The number of benzene rings is 2. The monoisotopic (exact) mass is 297 g/mol. The predicted octanol–water partition coefficient (Wildman–Crippen LogP) is 3.39. The molecule has 114 valence electrons. The van der Waals surface area contributed by atoms with Gasteiger partial charge >= 0.3 is 0 Å². The lowest BCUT2D eigenvalue weighted by molar-refractivity contribution is 0.0824. The number of carbonyl (C=O) groups is 1. The SMILES string of the molecule is COc1ccc(NCCC2COc3ccccc3C2=O)cc1. The lowest BCUT2D eigenvalue weighted by atomic mass is 9.92. The molecule has 1 unspecified atom stereocenters. The summed E-state index contributed by atoms with van der Waals surface area (Å²) >= 11 is 0. The van der Waals surface area contributed by atoms with E-state index in [1.54, 1.807) is 7.11 Å². The first-order valence-corrected chi connectivity index (χ1v) is 7.42. The molecule has 1 aliphatic rings. The Morgan fingerprint density at radius 2 is 1.95 bits per heavy atom. The van der Waals surface area contributed by atoms with Crippen molar-refractivity contribution >= 4 is 11.5 Å². The van der Waals surface area contributed by atoms with Gasteiger partial charge in [0.05, 0.1) is 25.2 Å². The van der Waals surface area contributed by atoms with Gasteiger partial charge in [-0.15, -0.1) is 0 Å². The van der Waals surface area contributed by atoms with Gasteiger partial charge in [-0.05, 0) is 42.8 Å². The minimum absolute atomic E-state index is 0.0827. The molecule has 4 nitrogen and oxygen atoms in total. The van der Waals surface area contributed by atoms with Crippen molar-refractivity contribution in [2.75, 3.05) is 25.6 Å². The summed E-state index contributed by atoms with van der Waals surface area (Å²) in [5.74, 6) is 1.63. The third kappa shape index (κ3) is 3.06. The van der Waals surface area contributed by atoms with Gasteiger partial charge in [0, 0.05) is 12.2 Å². The minimum Gasteiger partial charge on any atom is -0.497 e. The quantitative estimate of drug-likeness (QED) is 0.919. The molecule has 0 fully saturated rings. The Morgan fingerprint density at radius 1 is 1.18 bits per heavy atom. The van der Waals surface area contributed by atoms with Crippen molar-refractivity contribution in [3.63, 3.8) is 0 Å². The lowest BCUT2D eigenvalue weighted by Crippen LogP contribution is -2.29. The molecule has 4 heteroatoms. The van der Waals surface area contributed by atoms with Crippen molar-refractivity contribution in [1.29, 1.82) is 0 Å². The Balaban J connectivity index is 1.55. The molecule has 1 aliphatic heterocycles. The van der Waals surface area contributed by atoms with E-state index in [1.165, 1.54) is 0 Å². The summed E-state index contributed by atoms with van der Waals surface area (Å²) in [5.41, 5.74) is 1.72. The van der Waals surface area contributed by atoms with E-state index < -0.39 is 0 Å². The average Bonchev–Trinajstić information content (AvgIpc) is 2.58. The second kappa shape index (κ2) is 6.52. The molecule has 1 atom stereocenters. The highest BCUT2D eigenvalue weighted by atomic mass is 16.5. The molecule has 0 saturated carbocycles. The highest BCUT2D eigenvalue weighted by Crippen LogP contribution is 2.28. The van der Waals surface area contributed by atoms with Crippen LogP contribution >= 0.6 is 0 Å². The third-order valence-electron chi connectivity index (χ3n) is 3.88. The lowest BCUT2D eigenvalue weighted by Gasteiger charge is -2.24. The van der Waals surface area contributed by atoms with Gasteiger partial charge in [-0.3, -0.25) is 4.79 Å². The molecule has 3 rings (SSSR count). The Morgan fingerprint density at radius 3 is 2.73 bits per heavy atom. The van der Waals surface area contributed by atoms with Crippen LogP contribution in [0.3, 0.4) is 0 Å². The number of nitrogens with one attached hydrogen (secondary N) is 1. The van der Waals surface area contributed by atoms with E-state index in [9.17, 15) is 4.79 Å². The predicted molar refractivity (Wildman–Crippen MR) is 85.9 cm³/mol. The summed E-state index contributed by atoms with van der Waals surface area (Å²) in [6.45, 7) is 1.19. The van der Waals surface area contributed by atoms with Crippen LogP contribution in [0.15, 0.2) is 48.5 Å². The second-order valence-electron chi connectivity index (χ2n) is 5.31. The number of hydrogen-bond donors (Lipinski definition) is 1. The number of para-hydroxylation sites is 1. The van der Waals surface area contributed by atoms with Crippen molar-refractivity contribution in [2.24, 2.45) is 5.92 Å². The zero-order chi connectivity index (χ0) is 15.4. The van der Waals surface area contributed by atoms with Crippen LogP contribution in [0.1, 0.15) is 16.8 Å². The zero-order valence-electron chi connectivity index (χ0n) is 12.5. The van der Waals surface area contributed by atoms with Gasteiger partial charge in [0.2, 0.25) is 0 Å². The fourth-order valence-corrected chi connectivity index (χ4v) is 2.60. The summed E-state index contributed by atoms with van der Waals surface area (Å²) in [5, 5.41) is 3.32. The summed E-state index contributed by atoms with van der Waals surface area (Å²) in [4.78, 5) is 12.4. The summed E-state index contributed by atoms with van der Waals surface area (Å²) in [6, 6.07) is 15.2. The van der Waals surface area contributed by atoms with Crippen molar-refractivity contribution < 1.29 is 14.3 Å². The molecule has 0 aliphatic carbocycles. The van der Waals surface area contributed by atoms with Crippen LogP contribution in [-0.4, -0.2) is 26.0 Å². The summed E-state index contributed by atoms with van der Waals surface area (Å²) < 4.78 is 10.8. The maximum atomic E-state index is 12.4. The molecule has 0 saturated heterocycles. The molecule has 0 aromatic heterocycles. The highest BCUT2D eigenvalue weighted by Gasteiger charge is 2.27. The van der Waals surface area contributed by atoms with E-state index in [-0.39, 0.29) is 11.7 Å². The van der Waals surface area contributed by atoms with Crippen LogP contribution in [0.25, 0.3) is 0 Å². The number of anilines is 1. The van der Waals surface area contributed by atoms with Crippen LogP contribution in [0.2, 0.25) is 0 Å². The maximum Gasteiger partial charge on any atom is 0.173 e. The number of carbonyl (C=O) groups excluding carboxylic acids is 1. The van der Waals surface area contributed by atoms with Crippen molar-refractivity contribution in [3.05, 3.63) is 54.1 Å². The number of ether oxygens (including phenoxy) is 2. The number of ketones is 1. The van der Waals surface area contributed by atoms with Gasteiger partial charge in [0.1, 0.15) is 11.5 Å². The Bertz CT molecular complexity index is 652. The topological polar surface area (TPSA) is 47.6 Å². The van der Waals surface area contributed by atoms with Crippen LogP contribution in [-0.2, 0) is 0 Å². The molecule has 0 radical (unpaired) electrons. The molecule has 0 spiro atoms. The van der Waals surface area contributed by atoms with Gasteiger partial charge in [-0.2, -0.15) is 0 Å². The summed E-state index contributed by atoms with van der Waals surface area (Å²) in [7, 11) is 1.65. The maximum absolute atomic E-state index is 12.4. The summed E-state index contributed by atoms with van der Waals surface area (Å²) in [6.07, 6.45) is 0.749. The fraction of sp³-hybridized carbons (Fsp3) is 0.278. The Kier molecular flexibility index (Phi) is 4.28. The van der Waals surface area contributed by atoms with E-state index in [2.05, 4.69) is 5.32 Å². The van der Waals surface area contributed by atoms with E-state index in [0.717, 1.165) is 24.4 Å². The molecule has 1 N–H and O–H groups in total. The average molecular weight is 297 g/mol. The molecule has 0 amide bonds. The molecule has 0 bridgehead atoms. The minimum atomic E-state index is -0.0827. The normalized spacial score (nSPS) is 16.6. The first kappa shape index (κ1) is 14.4. The number of methoxy groups -OCH3 is 1. The largest absolute Gasteiger partial charge is 0.497 e. The molecular weight excluding hydrogens is 278 g/mol. The zero-order valence-corrected chi connectivity index (χ0v) is 12.5. The molecule has 22 heavy (non-hydrogen) atoms. The smallest absolute Gasteiger partial charge is 0.173 e. The van der Waals surface area contributed by atoms with Crippen molar-refractivity contribution in [3.8, 4) is 11.5 Å². The molecule has 2 aromatic rings. The van der Waals surface area contributed by atoms with Gasteiger partial charge in [0.25, 0.3) is 0 Å². The van der Waals surface area contributed by atoms with Gasteiger partial charge in [0.15, 0.2) is 5.78 Å². The van der Waals surface area contributed by atoms with E-state index in [1.807, 2.05) is 48.5 Å². The third-order valence-corrected chi connectivity index (χ3v) is 3.88. The second-order valence-corrected chi connectivity index (χ2v) is 5.31. The van der Waals surface area contributed by atoms with Crippen LogP contribution in [0, 0.1) is 5.92 Å². The number of Topliss-reactive ketones (excluding diaryl/α,β-unsaturated/α-hetero) is 1.